The second-order valence-electron chi connectivity index (χ2n) is 3.69. The number of hydrogen-bond acceptors (Lipinski definition) is 3. The quantitative estimate of drug-likeness (QED) is 0.592. The molecule has 0 unspecified atom stereocenters. The van der Waals surface area contributed by atoms with E-state index in [4.69, 9.17) is 10.5 Å². The van der Waals surface area contributed by atoms with E-state index >= 15 is 0 Å². The minimum Gasteiger partial charge on any atom is -0.489 e. The van der Waals surface area contributed by atoms with E-state index < -0.39 is 11.8 Å². The molecule has 3 N–H and O–H groups in total. The van der Waals surface area contributed by atoms with Crippen LogP contribution >= 0.6 is 11.9 Å². The minimum atomic E-state index is -0.679. The van der Waals surface area contributed by atoms with Crippen LogP contribution in [-0.4, -0.2) is 12.6 Å². The van der Waals surface area contributed by atoms with Gasteiger partial charge in [0.1, 0.15) is 0 Å². The molecule has 0 aliphatic carbocycles. The third-order valence-corrected chi connectivity index (χ3v) is 3.03. The maximum atomic E-state index is 13.6. The van der Waals surface area contributed by atoms with Crippen molar-refractivity contribution in [2.75, 3.05) is 6.61 Å². The average Bonchev–Trinajstić information content (AvgIpc) is 2.34. The lowest BCUT2D eigenvalue weighted by Gasteiger charge is -2.11. The van der Waals surface area contributed by atoms with Crippen molar-refractivity contribution in [1.29, 1.82) is 0 Å². The van der Waals surface area contributed by atoms with Gasteiger partial charge < -0.3 is 10.5 Å². The molecule has 2 amide bonds. The summed E-state index contributed by atoms with van der Waals surface area (Å²) in [5, 5.41) is 0. The van der Waals surface area contributed by atoms with Crippen molar-refractivity contribution in [1.82, 2.24) is 4.72 Å². The van der Waals surface area contributed by atoms with Crippen molar-refractivity contribution in [3.63, 3.8) is 0 Å². The zero-order chi connectivity index (χ0) is 13.4. The van der Waals surface area contributed by atoms with Crippen LogP contribution in [0.5, 0.6) is 5.75 Å². The fourth-order valence-electron chi connectivity index (χ4n) is 1.34. The van der Waals surface area contributed by atoms with E-state index in [0.29, 0.717) is 11.5 Å². The molecule has 0 spiro atoms. The SMILES string of the molecule is CCCCCOc1c(F)cccc1SNC(N)=O. The van der Waals surface area contributed by atoms with Gasteiger partial charge in [0.25, 0.3) is 0 Å². The van der Waals surface area contributed by atoms with Gasteiger partial charge in [0.2, 0.25) is 0 Å². The molecule has 0 saturated carbocycles. The van der Waals surface area contributed by atoms with Gasteiger partial charge in [0.05, 0.1) is 11.5 Å². The lowest BCUT2D eigenvalue weighted by Crippen LogP contribution is -2.22. The van der Waals surface area contributed by atoms with Crippen LogP contribution in [0.2, 0.25) is 0 Å². The first-order valence-corrected chi connectivity index (χ1v) is 6.60. The molecule has 0 aliphatic rings. The first-order chi connectivity index (χ1) is 8.65. The second-order valence-corrected chi connectivity index (χ2v) is 4.54. The van der Waals surface area contributed by atoms with Crippen LogP contribution in [0.25, 0.3) is 0 Å². The monoisotopic (exact) mass is 272 g/mol. The lowest BCUT2D eigenvalue weighted by molar-refractivity contribution is 0.254. The van der Waals surface area contributed by atoms with E-state index in [1.165, 1.54) is 6.07 Å². The predicted molar refractivity (Wildman–Crippen MR) is 70.0 cm³/mol. The summed E-state index contributed by atoms with van der Waals surface area (Å²) in [5.74, 6) is -0.282. The maximum absolute atomic E-state index is 13.6. The first kappa shape index (κ1) is 14.6. The number of primary amides is 1. The molecule has 0 saturated heterocycles. The standard InChI is InChI=1S/C12H17FN2O2S/c1-2-3-4-8-17-11-9(13)6-5-7-10(11)18-15-12(14)16/h5-7H,2-4,8H2,1H3,(H3,14,15,16). The molecule has 0 aromatic heterocycles. The number of amides is 2. The van der Waals surface area contributed by atoms with Crippen molar-refractivity contribution in [2.24, 2.45) is 5.73 Å². The summed E-state index contributed by atoms with van der Waals surface area (Å²) in [5.41, 5.74) is 4.96. The number of unbranched alkanes of at least 4 members (excludes halogenated alkanes) is 2. The van der Waals surface area contributed by atoms with Crippen molar-refractivity contribution in [3.05, 3.63) is 24.0 Å². The van der Waals surface area contributed by atoms with Gasteiger partial charge >= 0.3 is 6.03 Å². The highest BCUT2D eigenvalue weighted by Crippen LogP contribution is 2.30. The molecule has 18 heavy (non-hydrogen) atoms. The number of rotatable bonds is 7. The Hall–Kier alpha value is -1.43. The van der Waals surface area contributed by atoms with Gasteiger partial charge in [-0.2, -0.15) is 0 Å². The van der Waals surface area contributed by atoms with E-state index in [-0.39, 0.29) is 5.75 Å². The molecule has 100 valence electrons. The second kappa shape index (κ2) is 7.81. The van der Waals surface area contributed by atoms with Gasteiger partial charge in [0, 0.05) is 0 Å². The van der Waals surface area contributed by atoms with Gasteiger partial charge in [0.15, 0.2) is 11.6 Å². The number of urea groups is 1. The summed E-state index contributed by atoms with van der Waals surface area (Å²) in [6.45, 7) is 2.54. The number of nitrogens with two attached hydrogens (primary N) is 1. The van der Waals surface area contributed by atoms with E-state index in [1.54, 1.807) is 12.1 Å². The Morgan fingerprint density at radius 2 is 2.28 bits per heavy atom. The number of benzene rings is 1. The number of para-hydroxylation sites is 1. The molecule has 0 radical (unpaired) electrons. The number of nitrogens with one attached hydrogen (secondary N) is 1. The summed E-state index contributed by atoms with van der Waals surface area (Å²) in [6, 6.07) is 3.86. The van der Waals surface area contributed by atoms with Crippen LogP contribution in [0.3, 0.4) is 0 Å². The van der Waals surface area contributed by atoms with Crippen LogP contribution in [0.15, 0.2) is 23.1 Å². The Kier molecular flexibility index (Phi) is 6.35. The van der Waals surface area contributed by atoms with Gasteiger partial charge in [-0.05, 0) is 30.5 Å². The first-order valence-electron chi connectivity index (χ1n) is 5.78. The molecular weight excluding hydrogens is 255 g/mol. The molecule has 0 bridgehead atoms. The van der Waals surface area contributed by atoms with Crippen LogP contribution in [0.1, 0.15) is 26.2 Å². The third kappa shape index (κ3) is 4.83. The highest BCUT2D eigenvalue weighted by molar-refractivity contribution is 7.98. The maximum Gasteiger partial charge on any atom is 0.322 e. The summed E-state index contributed by atoms with van der Waals surface area (Å²) in [7, 11) is 0. The largest absolute Gasteiger partial charge is 0.489 e. The lowest BCUT2D eigenvalue weighted by atomic mass is 10.3. The summed E-state index contributed by atoms with van der Waals surface area (Å²) >= 11 is 0.944. The number of carbonyl (C=O) groups excluding carboxylic acids is 1. The molecule has 0 heterocycles. The van der Waals surface area contributed by atoms with E-state index in [2.05, 4.69) is 11.6 Å². The van der Waals surface area contributed by atoms with E-state index in [9.17, 15) is 9.18 Å². The number of ether oxygens (including phenoxy) is 1. The molecule has 0 fully saturated rings. The summed E-state index contributed by atoms with van der Waals surface area (Å²) < 4.78 is 21.4. The normalized spacial score (nSPS) is 10.1. The Labute approximate surface area is 110 Å². The molecule has 0 aliphatic heterocycles. The average molecular weight is 272 g/mol. The van der Waals surface area contributed by atoms with Crippen molar-refractivity contribution in [2.45, 2.75) is 31.1 Å². The zero-order valence-electron chi connectivity index (χ0n) is 10.2. The van der Waals surface area contributed by atoms with Gasteiger partial charge in [-0.25, -0.2) is 9.18 Å². The molecule has 1 aromatic rings. The van der Waals surface area contributed by atoms with Crippen molar-refractivity contribution >= 4 is 18.0 Å². The Balaban J connectivity index is 2.64. The molecular formula is C12H17FN2O2S. The van der Waals surface area contributed by atoms with Gasteiger partial charge in [-0.15, -0.1) is 0 Å². The van der Waals surface area contributed by atoms with Gasteiger partial charge in [-0.3, -0.25) is 4.72 Å². The molecule has 4 nitrogen and oxygen atoms in total. The molecule has 1 rings (SSSR count). The Morgan fingerprint density at radius 3 is 2.94 bits per heavy atom. The number of halogens is 1. The fourth-order valence-corrected chi connectivity index (χ4v) is 1.95. The predicted octanol–water partition coefficient (Wildman–Crippen LogP) is 3.07. The van der Waals surface area contributed by atoms with Crippen LogP contribution in [0.4, 0.5) is 9.18 Å². The third-order valence-electron chi connectivity index (χ3n) is 2.19. The van der Waals surface area contributed by atoms with Crippen molar-refractivity contribution < 1.29 is 13.9 Å². The molecule has 1 aromatic carbocycles. The number of carbonyl (C=O) groups is 1. The number of hydrogen-bond donors (Lipinski definition) is 2. The minimum absolute atomic E-state index is 0.160. The topological polar surface area (TPSA) is 64.3 Å². The zero-order valence-corrected chi connectivity index (χ0v) is 11.1. The van der Waals surface area contributed by atoms with E-state index in [1.807, 2.05) is 0 Å². The van der Waals surface area contributed by atoms with Crippen LogP contribution < -0.4 is 15.2 Å². The smallest absolute Gasteiger partial charge is 0.322 e. The highest BCUT2D eigenvalue weighted by atomic mass is 32.2. The van der Waals surface area contributed by atoms with Crippen molar-refractivity contribution in [3.8, 4) is 5.75 Å². The van der Waals surface area contributed by atoms with Crippen LogP contribution in [-0.2, 0) is 0 Å². The van der Waals surface area contributed by atoms with Crippen LogP contribution in [0, 0.1) is 5.82 Å². The van der Waals surface area contributed by atoms with E-state index in [0.717, 1.165) is 31.2 Å². The highest BCUT2D eigenvalue weighted by Gasteiger charge is 2.11. The van der Waals surface area contributed by atoms with Gasteiger partial charge in [-0.1, -0.05) is 25.8 Å². The summed E-state index contributed by atoms with van der Waals surface area (Å²) in [4.78, 5) is 11.1. The Morgan fingerprint density at radius 1 is 1.50 bits per heavy atom. The Bertz CT molecular complexity index is 402. The summed E-state index contributed by atoms with van der Waals surface area (Å²) in [6.07, 6.45) is 2.99. The molecule has 6 heteroatoms. The molecule has 0 atom stereocenters. The fraction of sp³-hybridized carbons (Fsp3) is 0.417.